The van der Waals surface area contributed by atoms with Crippen molar-refractivity contribution >= 4 is 21.6 Å². The Morgan fingerprint density at radius 1 is 1.19 bits per heavy atom. The average Bonchev–Trinajstić information content (AvgIpc) is 2.40. The summed E-state index contributed by atoms with van der Waals surface area (Å²) in [4.78, 5) is 16.4. The highest BCUT2D eigenvalue weighted by atomic mass is 32.2. The van der Waals surface area contributed by atoms with Crippen LogP contribution in [0.1, 0.15) is 15.9 Å². The maximum absolute atomic E-state index is 12.5. The Morgan fingerprint density at radius 3 is 2.38 bits per heavy atom. The number of nitrogens with zero attached hydrogens (tertiary/aromatic N) is 2. The molecule has 116 valence electrons. The molecule has 1 N–H and O–H groups in total. The Hall–Kier alpha value is -1.60. The topological polar surface area (TPSA) is 69.7 Å². The van der Waals surface area contributed by atoms with Crippen molar-refractivity contribution in [2.45, 2.75) is 6.92 Å². The molecule has 0 aliphatic carbocycles. The number of carbonyl (C=O) groups is 1. The summed E-state index contributed by atoms with van der Waals surface area (Å²) in [5.41, 5.74) is 1.75. The van der Waals surface area contributed by atoms with Crippen molar-refractivity contribution in [3.8, 4) is 0 Å². The minimum Gasteiger partial charge on any atom is -0.336 e. The number of anilines is 1. The summed E-state index contributed by atoms with van der Waals surface area (Å²) in [6, 6.07) is 5.11. The molecular formula is C14H21N3O3S. The SMILES string of the molecule is Cc1ccc(C(=O)N2CCN(C)CC2)cc1NS(C)(=O)=O. The molecule has 1 saturated heterocycles. The van der Waals surface area contributed by atoms with E-state index in [0.717, 1.165) is 24.9 Å². The Bertz CT molecular complexity index is 635. The maximum atomic E-state index is 12.5. The number of piperazine rings is 1. The lowest BCUT2D eigenvalue weighted by Gasteiger charge is -2.32. The second-order valence-corrected chi connectivity index (χ2v) is 7.25. The van der Waals surface area contributed by atoms with E-state index >= 15 is 0 Å². The molecule has 1 aliphatic heterocycles. The van der Waals surface area contributed by atoms with Crippen molar-refractivity contribution in [3.05, 3.63) is 29.3 Å². The van der Waals surface area contributed by atoms with Gasteiger partial charge in [-0.05, 0) is 31.7 Å². The molecule has 2 rings (SSSR count). The highest BCUT2D eigenvalue weighted by Crippen LogP contribution is 2.19. The summed E-state index contributed by atoms with van der Waals surface area (Å²) in [6.45, 7) is 4.89. The lowest BCUT2D eigenvalue weighted by atomic mass is 10.1. The Kier molecular flexibility index (Phi) is 4.53. The fourth-order valence-electron chi connectivity index (χ4n) is 2.26. The molecule has 7 heteroatoms. The van der Waals surface area contributed by atoms with Gasteiger partial charge in [-0.1, -0.05) is 6.07 Å². The van der Waals surface area contributed by atoms with Crippen LogP contribution in [0.15, 0.2) is 18.2 Å². The quantitative estimate of drug-likeness (QED) is 0.894. The molecule has 6 nitrogen and oxygen atoms in total. The minimum absolute atomic E-state index is 0.0559. The smallest absolute Gasteiger partial charge is 0.254 e. The summed E-state index contributed by atoms with van der Waals surface area (Å²) in [5.74, 6) is -0.0559. The van der Waals surface area contributed by atoms with Crippen LogP contribution in [0.4, 0.5) is 5.69 Å². The summed E-state index contributed by atoms with van der Waals surface area (Å²) >= 11 is 0. The molecule has 1 amide bonds. The zero-order valence-electron chi connectivity index (χ0n) is 12.6. The van der Waals surface area contributed by atoms with Gasteiger partial charge in [0.15, 0.2) is 0 Å². The molecule has 0 spiro atoms. The van der Waals surface area contributed by atoms with Gasteiger partial charge in [0.05, 0.1) is 11.9 Å². The number of carbonyl (C=O) groups excluding carboxylic acids is 1. The molecule has 0 radical (unpaired) electrons. The van der Waals surface area contributed by atoms with Crippen LogP contribution >= 0.6 is 0 Å². The van der Waals surface area contributed by atoms with Gasteiger partial charge in [-0.25, -0.2) is 8.42 Å². The highest BCUT2D eigenvalue weighted by molar-refractivity contribution is 7.92. The molecule has 1 aromatic rings. The van der Waals surface area contributed by atoms with Gasteiger partial charge >= 0.3 is 0 Å². The summed E-state index contributed by atoms with van der Waals surface area (Å²) in [5, 5.41) is 0. The molecule has 0 bridgehead atoms. The number of nitrogens with one attached hydrogen (secondary N) is 1. The molecule has 0 unspecified atom stereocenters. The van der Waals surface area contributed by atoms with Gasteiger partial charge in [0.25, 0.3) is 5.91 Å². The number of aryl methyl sites for hydroxylation is 1. The Morgan fingerprint density at radius 2 is 1.81 bits per heavy atom. The van der Waals surface area contributed by atoms with E-state index in [-0.39, 0.29) is 5.91 Å². The van der Waals surface area contributed by atoms with Gasteiger partial charge in [0, 0.05) is 31.7 Å². The summed E-state index contributed by atoms with van der Waals surface area (Å²) < 4.78 is 25.2. The van der Waals surface area contributed by atoms with Crippen molar-refractivity contribution in [1.29, 1.82) is 0 Å². The largest absolute Gasteiger partial charge is 0.336 e. The van der Waals surface area contributed by atoms with Crippen molar-refractivity contribution in [2.24, 2.45) is 0 Å². The number of hydrogen-bond donors (Lipinski definition) is 1. The molecular weight excluding hydrogens is 290 g/mol. The molecule has 1 heterocycles. The molecule has 1 fully saturated rings. The molecule has 0 atom stereocenters. The lowest BCUT2D eigenvalue weighted by molar-refractivity contribution is 0.0664. The number of benzene rings is 1. The van der Waals surface area contributed by atoms with Crippen LogP contribution in [0.5, 0.6) is 0 Å². The van der Waals surface area contributed by atoms with Crippen LogP contribution in [-0.4, -0.2) is 63.6 Å². The van der Waals surface area contributed by atoms with Crippen molar-refractivity contribution in [1.82, 2.24) is 9.80 Å². The van der Waals surface area contributed by atoms with Gasteiger partial charge in [0.2, 0.25) is 10.0 Å². The molecule has 21 heavy (non-hydrogen) atoms. The Labute approximate surface area is 125 Å². The molecule has 0 saturated carbocycles. The molecule has 1 aliphatic rings. The molecule has 0 aromatic heterocycles. The van der Waals surface area contributed by atoms with Crippen LogP contribution in [0.2, 0.25) is 0 Å². The Balaban J connectivity index is 2.20. The predicted molar refractivity (Wildman–Crippen MR) is 83.0 cm³/mol. The van der Waals surface area contributed by atoms with E-state index in [1.807, 2.05) is 7.05 Å². The predicted octanol–water partition coefficient (Wildman–Crippen LogP) is 0.754. The first kappa shape index (κ1) is 15.8. The third-order valence-electron chi connectivity index (χ3n) is 3.57. The van der Waals surface area contributed by atoms with Gasteiger partial charge in [0.1, 0.15) is 0 Å². The second-order valence-electron chi connectivity index (χ2n) is 5.50. The van der Waals surface area contributed by atoms with Crippen molar-refractivity contribution in [3.63, 3.8) is 0 Å². The normalized spacial score (nSPS) is 16.8. The first-order valence-electron chi connectivity index (χ1n) is 6.82. The number of hydrogen-bond acceptors (Lipinski definition) is 4. The van der Waals surface area contributed by atoms with E-state index < -0.39 is 10.0 Å². The van der Waals surface area contributed by atoms with Gasteiger partial charge in [-0.3, -0.25) is 9.52 Å². The third kappa shape index (κ3) is 4.18. The number of rotatable bonds is 3. The first-order valence-corrected chi connectivity index (χ1v) is 8.72. The lowest BCUT2D eigenvalue weighted by Crippen LogP contribution is -2.47. The maximum Gasteiger partial charge on any atom is 0.254 e. The second kappa shape index (κ2) is 6.03. The number of likely N-dealkylation sites (N-methyl/N-ethyl adjacent to an activating group) is 1. The van der Waals surface area contributed by atoms with Gasteiger partial charge in [-0.15, -0.1) is 0 Å². The monoisotopic (exact) mass is 311 g/mol. The van der Waals surface area contributed by atoms with Crippen molar-refractivity contribution < 1.29 is 13.2 Å². The third-order valence-corrected chi connectivity index (χ3v) is 4.16. The number of sulfonamides is 1. The van der Waals surface area contributed by atoms with Crippen LogP contribution in [-0.2, 0) is 10.0 Å². The molecule has 1 aromatic carbocycles. The fourth-order valence-corrected chi connectivity index (χ4v) is 2.88. The van der Waals surface area contributed by atoms with E-state index in [4.69, 9.17) is 0 Å². The standard InChI is InChI=1S/C14H21N3O3S/c1-11-4-5-12(10-13(11)15-21(3,19)20)14(18)17-8-6-16(2)7-9-17/h4-5,10,15H,6-9H2,1-3H3. The minimum atomic E-state index is -3.36. The fraction of sp³-hybridized carbons (Fsp3) is 0.500. The van der Waals surface area contributed by atoms with Crippen molar-refractivity contribution in [2.75, 3.05) is 44.2 Å². The van der Waals surface area contributed by atoms with E-state index in [2.05, 4.69) is 9.62 Å². The van der Waals surface area contributed by atoms with E-state index in [1.165, 1.54) is 0 Å². The van der Waals surface area contributed by atoms with Gasteiger partial charge < -0.3 is 9.80 Å². The summed E-state index contributed by atoms with van der Waals surface area (Å²) in [7, 11) is -1.33. The van der Waals surface area contributed by atoms with Crippen LogP contribution in [0.25, 0.3) is 0 Å². The highest BCUT2D eigenvalue weighted by Gasteiger charge is 2.21. The summed E-state index contributed by atoms with van der Waals surface area (Å²) in [6.07, 6.45) is 1.10. The number of amides is 1. The average molecular weight is 311 g/mol. The zero-order valence-corrected chi connectivity index (χ0v) is 13.4. The first-order chi connectivity index (χ1) is 9.76. The van der Waals surface area contributed by atoms with E-state index in [9.17, 15) is 13.2 Å². The zero-order chi connectivity index (χ0) is 15.6. The van der Waals surface area contributed by atoms with Crippen LogP contribution in [0.3, 0.4) is 0 Å². The van der Waals surface area contributed by atoms with E-state index in [0.29, 0.717) is 24.3 Å². The van der Waals surface area contributed by atoms with Crippen LogP contribution < -0.4 is 4.72 Å². The van der Waals surface area contributed by atoms with E-state index in [1.54, 1.807) is 30.0 Å². The van der Waals surface area contributed by atoms with Gasteiger partial charge in [-0.2, -0.15) is 0 Å². The van der Waals surface area contributed by atoms with Crippen LogP contribution in [0, 0.1) is 6.92 Å².